The van der Waals surface area contributed by atoms with Crippen molar-refractivity contribution < 1.29 is 100 Å². The second-order valence-electron chi connectivity index (χ2n) is 21.8. The molecule has 2 aliphatic heterocycles. The van der Waals surface area contributed by atoms with Crippen LogP contribution in [0.3, 0.4) is 0 Å². The highest BCUT2D eigenvalue weighted by atomic mass is 32.2. The van der Waals surface area contributed by atoms with E-state index in [0.717, 1.165) is 0 Å². The van der Waals surface area contributed by atoms with Crippen molar-refractivity contribution in [1.82, 2.24) is 10.6 Å². The number of nitrogens with one attached hydrogen (secondary N) is 2. The molecule has 3 aliphatic rings. The molecule has 2 atom stereocenters. The number of aliphatic carboxylic acids is 3. The summed E-state index contributed by atoms with van der Waals surface area (Å²) in [5.74, 6) is -6.61. The molecule has 25 nitrogen and oxygen atoms in total. The number of hydrogen-bond acceptors (Lipinski definition) is 17. The van der Waals surface area contributed by atoms with Crippen LogP contribution in [0.1, 0.15) is 115 Å². The molecule has 0 aromatic heterocycles. The molecule has 1 unspecified atom stereocenters. The second kappa shape index (κ2) is 27.1. The van der Waals surface area contributed by atoms with Gasteiger partial charge in [0, 0.05) is 66.1 Å². The molecule has 0 fully saturated rings. The van der Waals surface area contributed by atoms with Crippen LogP contribution in [-0.2, 0) is 81.7 Å². The number of amides is 2. The first-order valence-electron chi connectivity index (χ1n) is 26.9. The number of carbonyl (C=O) groups is 5. The Bertz CT molecular complexity index is 3750. The van der Waals surface area contributed by atoms with Gasteiger partial charge in [0.05, 0.1) is 37.5 Å². The van der Waals surface area contributed by atoms with Crippen molar-refractivity contribution >= 4 is 87.3 Å². The average molecular weight is 1260 g/mol. The second-order valence-corrected chi connectivity index (χ2v) is 27.7. The number of nitrogens with zero attached hydrogens (tertiary/aromatic N) is 2. The summed E-state index contributed by atoms with van der Waals surface area (Å²) in [6.45, 7) is 7.80. The highest BCUT2D eigenvalue weighted by molar-refractivity contribution is 7.86. The Kier molecular flexibility index (Phi) is 21.3. The van der Waals surface area contributed by atoms with Crippen LogP contribution in [0, 0.1) is 0 Å². The van der Waals surface area contributed by atoms with E-state index in [1.807, 2.05) is 61.5 Å². The molecule has 462 valence electrons. The van der Waals surface area contributed by atoms with Crippen LogP contribution in [-0.4, -0.2) is 144 Å². The van der Waals surface area contributed by atoms with Crippen LogP contribution < -0.4 is 20.3 Å². The Balaban J connectivity index is 1.37. The number of carbonyl (C=O) groups excluding carboxylic acids is 2. The number of benzene rings is 3. The van der Waals surface area contributed by atoms with E-state index in [-0.39, 0.29) is 56.5 Å². The third-order valence-corrected chi connectivity index (χ3v) is 18.1. The van der Waals surface area contributed by atoms with Gasteiger partial charge in [-0.05, 0) is 142 Å². The number of allylic oxidation sites excluding steroid dienone is 7. The number of carboxylic acid groups (broad SMARTS) is 3. The maximum Gasteiger partial charge on any atom is 0.326 e. The molecule has 7 N–H and O–H groups in total. The van der Waals surface area contributed by atoms with Crippen molar-refractivity contribution in [3.8, 4) is 5.75 Å². The van der Waals surface area contributed by atoms with Crippen molar-refractivity contribution in [3.05, 3.63) is 124 Å². The van der Waals surface area contributed by atoms with Gasteiger partial charge >= 0.3 is 17.9 Å². The molecule has 3 aromatic carbocycles. The maximum atomic E-state index is 13.0. The largest absolute Gasteiger partial charge is 0.748 e. The number of fused-ring (bicyclic) bond motifs is 2. The van der Waals surface area contributed by atoms with E-state index in [1.54, 1.807) is 24.3 Å². The van der Waals surface area contributed by atoms with Gasteiger partial charge in [-0.2, -0.15) is 21.4 Å². The van der Waals surface area contributed by atoms with E-state index in [0.29, 0.717) is 81.4 Å². The number of hydrogen-bond donors (Lipinski definition) is 7. The minimum Gasteiger partial charge on any atom is -0.748 e. The first-order chi connectivity index (χ1) is 39.5. The summed E-state index contributed by atoms with van der Waals surface area (Å²) in [4.78, 5) is 61.3. The van der Waals surface area contributed by atoms with Crippen molar-refractivity contribution in [1.29, 1.82) is 0 Å². The van der Waals surface area contributed by atoms with Crippen LogP contribution in [0.15, 0.2) is 117 Å². The van der Waals surface area contributed by atoms with Crippen molar-refractivity contribution in [2.24, 2.45) is 0 Å². The topological polar surface area (TPSA) is 409 Å². The summed E-state index contributed by atoms with van der Waals surface area (Å²) in [6.07, 6.45) is 7.39. The third kappa shape index (κ3) is 18.0. The molecule has 29 heteroatoms. The first kappa shape index (κ1) is 67.0. The Morgan fingerprint density at radius 1 is 0.718 bits per heavy atom. The molecule has 0 radical (unpaired) electrons. The van der Waals surface area contributed by atoms with E-state index in [4.69, 9.17) is 9.84 Å². The summed E-state index contributed by atoms with van der Waals surface area (Å²) < 4.78 is 147. The van der Waals surface area contributed by atoms with Crippen molar-refractivity contribution in [2.45, 2.75) is 137 Å². The quantitative estimate of drug-likeness (QED) is 0.0266. The molecular weight excluding hydrogens is 1190 g/mol. The standard InChI is InChI=1S/C56H68N4O21S4/c1-55(2)41-32-39(84(75,76)77)19-22-45(41)59(28-5-7-30-82(69,70)71)47(55)24-15-36-10-9-11-37(16-25-48-56(3,4)42-33-40(85(78,79)80)20-23-46(42)60(48)29-6-8-31-83(72,73)74)52(36)81-38-17-12-35(13-18-38)14-26-49(61)58-44(54(67)68)34-50(62)57-43(53(65)66)21-27-51(63)64/h12-13,15-20,22-25,32-33,43-44H,5-11,14,21,26-31,34H2,1-4H3,(H8-,57,58,61,62,63,64,65,66,67,68,69,70,71,72,73,74,75,76,77,78,79,80)/p-1/t43-,44?/m1/s1. The molecule has 0 spiro atoms. The first-order valence-corrected chi connectivity index (χ1v) is 32.9. The summed E-state index contributed by atoms with van der Waals surface area (Å²) in [5, 5.41) is 32.4. The van der Waals surface area contributed by atoms with E-state index in [1.165, 1.54) is 36.4 Å². The molecule has 0 saturated carbocycles. The predicted octanol–water partition coefficient (Wildman–Crippen LogP) is 5.21. The van der Waals surface area contributed by atoms with Gasteiger partial charge in [0.2, 0.25) is 17.5 Å². The molecule has 2 heterocycles. The number of carboxylic acids is 3. The fourth-order valence-electron chi connectivity index (χ4n) is 10.5. The Labute approximate surface area is 492 Å². The van der Waals surface area contributed by atoms with Gasteiger partial charge in [-0.1, -0.05) is 32.1 Å². The minimum atomic E-state index is -4.88. The van der Waals surface area contributed by atoms with E-state index in [9.17, 15) is 86.1 Å². The van der Waals surface area contributed by atoms with Crippen LogP contribution >= 0.6 is 0 Å². The van der Waals surface area contributed by atoms with Gasteiger partial charge < -0.3 is 44.7 Å². The van der Waals surface area contributed by atoms with Gasteiger partial charge in [0.1, 0.15) is 40.3 Å². The number of aryl methyl sites for hydroxylation is 1. The van der Waals surface area contributed by atoms with Gasteiger partial charge in [0.15, 0.2) is 5.71 Å². The fraction of sp³-hybridized carbons (Fsp3) is 0.429. The summed E-state index contributed by atoms with van der Waals surface area (Å²) in [7, 11) is -18.3. The molecule has 6 rings (SSSR count). The Morgan fingerprint density at radius 2 is 1.35 bits per heavy atom. The zero-order chi connectivity index (χ0) is 63.0. The normalized spacial score (nSPS) is 17.7. The Morgan fingerprint density at radius 3 is 1.96 bits per heavy atom. The van der Waals surface area contributed by atoms with E-state index >= 15 is 0 Å². The van der Waals surface area contributed by atoms with Gasteiger partial charge in [0.25, 0.3) is 20.2 Å². The van der Waals surface area contributed by atoms with E-state index < -0.39 is 129 Å². The highest BCUT2D eigenvalue weighted by Crippen LogP contribution is 2.49. The van der Waals surface area contributed by atoms with Crippen molar-refractivity contribution in [2.75, 3.05) is 29.5 Å². The number of ether oxygens (including phenoxy) is 1. The molecule has 85 heavy (non-hydrogen) atoms. The average Bonchev–Trinajstić information content (AvgIpc) is 1.69. The summed E-state index contributed by atoms with van der Waals surface area (Å²) >= 11 is 0. The highest BCUT2D eigenvalue weighted by Gasteiger charge is 2.45. The molecule has 2 amide bonds. The van der Waals surface area contributed by atoms with Crippen molar-refractivity contribution in [3.63, 3.8) is 0 Å². The predicted molar refractivity (Wildman–Crippen MR) is 305 cm³/mol. The van der Waals surface area contributed by atoms with Crippen LogP contribution in [0.2, 0.25) is 0 Å². The molecule has 0 bridgehead atoms. The van der Waals surface area contributed by atoms with Gasteiger partial charge in [-0.15, -0.1) is 0 Å². The maximum absolute atomic E-state index is 13.0. The lowest BCUT2D eigenvalue weighted by Crippen LogP contribution is -2.47. The zero-order valence-electron chi connectivity index (χ0n) is 46.8. The Hall–Kier alpha value is -7.12. The lowest BCUT2D eigenvalue weighted by atomic mass is 9.81. The minimum absolute atomic E-state index is 0.0306. The van der Waals surface area contributed by atoms with E-state index in [2.05, 4.69) is 10.6 Å². The lowest BCUT2D eigenvalue weighted by molar-refractivity contribution is -0.438. The van der Waals surface area contributed by atoms with Crippen LogP contribution in [0.4, 0.5) is 11.4 Å². The summed E-state index contributed by atoms with van der Waals surface area (Å²) in [5.41, 5.74) is 3.55. The SMILES string of the molecule is CC1(C)C(=CC=C2CCCC(C=CC3=[N+](CCCCS(=O)(=O)O)c4ccc(S(=O)(=O)[O-])cc4C3(C)C)=C2Oc2ccc(CCC(=O)NC(CC(=O)N[C@H](CCC(=O)O)C(=O)O)C(=O)O)cc2)N(CCCCS(=O)(=O)[O-])c2ccc(S(=O)(=O)O)cc21. The molecular formula is C56H67N4O21S4-. The van der Waals surface area contributed by atoms with Crippen LogP contribution in [0.5, 0.6) is 5.75 Å². The molecule has 3 aromatic rings. The smallest absolute Gasteiger partial charge is 0.326 e. The summed E-state index contributed by atoms with van der Waals surface area (Å²) in [6, 6.07) is 11.4. The zero-order valence-corrected chi connectivity index (χ0v) is 50.1. The number of rotatable bonds is 29. The van der Waals surface area contributed by atoms with Gasteiger partial charge in [-0.3, -0.25) is 23.5 Å². The number of anilines is 1. The number of unbranched alkanes of at least 4 members (excludes halogenated alkanes) is 2. The molecule has 1 aliphatic carbocycles. The molecule has 0 saturated heterocycles. The monoisotopic (exact) mass is 1260 g/mol. The van der Waals surface area contributed by atoms with Crippen LogP contribution in [0.25, 0.3) is 0 Å². The van der Waals surface area contributed by atoms with Gasteiger partial charge in [-0.25, -0.2) is 26.4 Å². The lowest BCUT2D eigenvalue weighted by Gasteiger charge is -2.27. The third-order valence-electron chi connectivity index (χ3n) is 14.8. The fourth-order valence-corrected chi connectivity index (χ4v) is 12.6.